The molecule has 0 aliphatic carbocycles. The third-order valence-corrected chi connectivity index (χ3v) is 5.54. The zero-order chi connectivity index (χ0) is 17.3. The van der Waals surface area contributed by atoms with Crippen molar-refractivity contribution >= 4 is 21.8 Å². The molecule has 24 heavy (non-hydrogen) atoms. The molecular formula is C16H17N3O4S. The van der Waals surface area contributed by atoms with Crippen LogP contribution in [0.25, 0.3) is 0 Å². The molecule has 1 fully saturated rings. The Balaban J connectivity index is 1.70. The first-order chi connectivity index (χ1) is 11.4. The summed E-state index contributed by atoms with van der Waals surface area (Å²) < 4.78 is 33.2. The fourth-order valence-corrected chi connectivity index (χ4v) is 4.17. The van der Waals surface area contributed by atoms with Gasteiger partial charge in [-0.2, -0.15) is 13.7 Å². The molecule has 2 aliphatic rings. The van der Waals surface area contributed by atoms with E-state index in [4.69, 9.17) is 10.00 Å². The van der Waals surface area contributed by atoms with E-state index in [1.54, 1.807) is 24.3 Å². The van der Waals surface area contributed by atoms with E-state index in [1.807, 2.05) is 11.0 Å². The van der Waals surface area contributed by atoms with Crippen LogP contribution in [0.1, 0.15) is 25.3 Å². The number of nitrogens with zero attached hydrogens (tertiary/aromatic N) is 3. The lowest BCUT2D eigenvalue weighted by Crippen LogP contribution is -2.41. The molecule has 0 aromatic heterocycles. The molecule has 1 saturated heterocycles. The van der Waals surface area contributed by atoms with E-state index in [1.165, 1.54) is 6.92 Å². The van der Waals surface area contributed by atoms with Crippen molar-refractivity contribution < 1.29 is 17.9 Å². The lowest BCUT2D eigenvalue weighted by atomic mass is 9.96. The van der Waals surface area contributed by atoms with Gasteiger partial charge in [-0.1, -0.05) is 12.1 Å². The Morgan fingerprint density at radius 3 is 2.71 bits per heavy atom. The summed E-state index contributed by atoms with van der Waals surface area (Å²) in [6.07, 6.45) is 0.322. The molecule has 2 aliphatic heterocycles. The van der Waals surface area contributed by atoms with Gasteiger partial charge in [0.15, 0.2) is 11.9 Å². The van der Waals surface area contributed by atoms with E-state index >= 15 is 0 Å². The van der Waals surface area contributed by atoms with Crippen molar-refractivity contribution in [3.8, 4) is 6.07 Å². The van der Waals surface area contributed by atoms with Crippen molar-refractivity contribution in [3.05, 3.63) is 29.8 Å². The largest absolute Gasteiger partial charge is 0.447 e. The fourth-order valence-electron chi connectivity index (χ4n) is 2.94. The van der Waals surface area contributed by atoms with Crippen molar-refractivity contribution in [1.29, 1.82) is 5.26 Å². The Kier molecular flexibility index (Phi) is 4.28. The number of ether oxygens (including phenoxy) is 1. The van der Waals surface area contributed by atoms with Crippen LogP contribution in [0.3, 0.4) is 0 Å². The second kappa shape index (κ2) is 6.24. The minimum atomic E-state index is -3.63. The monoisotopic (exact) mass is 347 g/mol. The van der Waals surface area contributed by atoms with Gasteiger partial charge in [-0.05, 0) is 31.9 Å². The quantitative estimate of drug-likeness (QED) is 0.748. The van der Waals surface area contributed by atoms with Gasteiger partial charge in [-0.3, -0.25) is 4.79 Å². The molecule has 7 nitrogen and oxygen atoms in total. The van der Waals surface area contributed by atoms with Crippen LogP contribution in [0.4, 0.5) is 0 Å². The summed E-state index contributed by atoms with van der Waals surface area (Å²) in [4.78, 5) is 14.1. The number of carbonyl (C=O) groups excluding carboxylic acids is 1. The topological polar surface area (TPSA) is 99.8 Å². The fraction of sp³-hybridized carbons (Fsp3) is 0.438. The predicted octanol–water partition coefficient (Wildman–Crippen LogP) is 1.30. The number of amidine groups is 1. The smallest absolute Gasteiger partial charge is 0.310 e. The first kappa shape index (κ1) is 16.5. The first-order valence-electron chi connectivity index (χ1n) is 7.72. The number of fused-ring (bicyclic) bond motifs is 1. The van der Waals surface area contributed by atoms with Gasteiger partial charge in [0.25, 0.3) is 10.0 Å². The maximum Gasteiger partial charge on any atom is 0.310 e. The lowest BCUT2D eigenvalue weighted by molar-refractivity contribution is -0.152. The van der Waals surface area contributed by atoms with E-state index in [9.17, 15) is 13.2 Å². The Morgan fingerprint density at radius 1 is 1.38 bits per heavy atom. The van der Waals surface area contributed by atoms with Crippen molar-refractivity contribution in [3.63, 3.8) is 0 Å². The summed E-state index contributed by atoms with van der Waals surface area (Å²) in [5.74, 6) is -0.196. The van der Waals surface area contributed by atoms with Crippen LogP contribution >= 0.6 is 0 Å². The lowest BCUT2D eigenvalue weighted by Gasteiger charge is -2.32. The second-order valence-electron chi connectivity index (χ2n) is 5.86. The minimum absolute atomic E-state index is 0.226. The van der Waals surface area contributed by atoms with Gasteiger partial charge in [-0.25, -0.2) is 0 Å². The number of likely N-dealkylation sites (tertiary alicyclic amines) is 1. The summed E-state index contributed by atoms with van der Waals surface area (Å²) in [7, 11) is -3.63. The number of carbonyl (C=O) groups is 1. The molecule has 0 radical (unpaired) electrons. The first-order valence-corrected chi connectivity index (χ1v) is 9.16. The number of esters is 1. The zero-order valence-corrected chi connectivity index (χ0v) is 14.0. The van der Waals surface area contributed by atoms with Crippen LogP contribution in [0.5, 0.6) is 0 Å². The van der Waals surface area contributed by atoms with Gasteiger partial charge >= 0.3 is 5.97 Å². The number of nitriles is 1. The maximum atomic E-state index is 12.1. The molecule has 0 spiro atoms. The normalized spacial score (nSPS) is 20.7. The van der Waals surface area contributed by atoms with Gasteiger partial charge in [0.1, 0.15) is 11.0 Å². The Labute approximate surface area is 140 Å². The molecule has 0 saturated carbocycles. The molecule has 1 atom stereocenters. The van der Waals surface area contributed by atoms with Gasteiger partial charge in [0, 0.05) is 18.7 Å². The van der Waals surface area contributed by atoms with Crippen LogP contribution in [0.15, 0.2) is 33.6 Å². The number of hydrogen-bond donors (Lipinski definition) is 0. The van der Waals surface area contributed by atoms with Crippen molar-refractivity contribution in [2.45, 2.75) is 30.8 Å². The molecule has 126 valence electrons. The van der Waals surface area contributed by atoms with Gasteiger partial charge in [-0.15, -0.1) is 4.40 Å². The van der Waals surface area contributed by atoms with Gasteiger partial charge in [0.05, 0.1) is 5.92 Å². The summed E-state index contributed by atoms with van der Waals surface area (Å²) in [5.41, 5.74) is 0.608. The molecule has 0 amide bonds. The molecule has 0 unspecified atom stereocenters. The highest BCUT2D eigenvalue weighted by molar-refractivity contribution is 7.90. The van der Waals surface area contributed by atoms with Crippen LogP contribution in [-0.2, 0) is 19.6 Å². The van der Waals surface area contributed by atoms with Crippen LogP contribution in [-0.4, -0.2) is 44.3 Å². The Bertz CT molecular complexity index is 833. The van der Waals surface area contributed by atoms with E-state index in [0.717, 1.165) is 0 Å². The standard InChI is InChI=1S/C16H17N3O4S/c1-11(10-17)23-16(20)12-6-8-19(9-7-12)15-13-4-2-3-5-14(13)24(21,22)18-15/h2-5,11-12H,6-9H2,1H3/t11-/m0/s1. The SMILES string of the molecule is C[C@@H](C#N)OC(=O)C1CCN(C2=NS(=O)(=O)c3ccccc32)CC1. The summed E-state index contributed by atoms with van der Waals surface area (Å²) >= 11 is 0. The predicted molar refractivity (Wildman–Crippen MR) is 85.6 cm³/mol. The molecule has 8 heteroatoms. The van der Waals surface area contributed by atoms with Gasteiger partial charge < -0.3 is 9.64 Å². The highest BCUT2D eigenvalue weighted by Crippen LogP contribution is 2.29. The Hall–Kier alpha value is -2.40. The van der Waals surface area contributed by atoms with Crippen molar-refractivity contribution in [2.24, 2.45) is 10.3 Å². The number of hydrogen-bond acceptors (Lipinski definition) is 6. The maximum absolute atomic E-state index is 12.1. The highest BCUT2D eigenvalue weighted by atomic mass is 32.2. The number of benzene rings is 1. The highest BCUT2D eigenvalue weighted by Gasteiger charge is 2.35. The van der Waals surface area contributed by atoms with Crippen LogP contribution < -0.4 is 0 Å². The zero-order valence-electron chi connectivity index (χ0n) is 13.2. The molecule has 1 aromatic rings. The summed E-state index contributed by atoms with van der Waals surface area (Å²) in [5, 5.41) is 8.70. The third-order valence-electron chi connectivity index (χ3n) is 4.22. The summed E-state index contributed by atoms with van der Waals surface area (Å²) in [6.45, 7) is 2.56. The average Bonchev–Trinajstić information content (AvgIpc) is 2.87. The molecule has 1 aromatic carbocycles. The van der Waals surface area contributed by atoms with Crippen LogP contribution in [0.2, 0.25) is 0 Å². The van der Waals surface area contributed by atoms with E-state index in [0.29, 0.717) is 37.3 Å². The molecule has 0 N–H and O–H groups in total. The number of sulfonamides is 1. The van der Waals surface area contributed by atoms with Crippen molar-refractivity contribution in [1.82, 2.24) is 4.90 Å². The average molecular weight is 347 g/mol. The molecular weight excluding hydrogens is 330 g/mol. The molecule has 2 heterocycles. The van der Waals surface area contributed by atoms with E-state index in [2.05, 4.69) is 4.40 Å². The van der Waals surface area contributed by atoms with Gasteiger partial charge in [0.2, 0.25) is 0 Å². The third kappa shape index (κ3) is 2.99. The molecule has 0 bridgehead atoms. The molecule has 3 rings (SSSR count). The minimum Gasteiger partial charge on any atom is -0.447 e. The van der Waals surface area contributed by atoms with E-state index in [-0.39, 0.29) is 16.8 Å². The van der Waals surface area contributed by atoms with Crippen molar-refractivity contribution in [2.75, 3.05) is 13.1 Å². The number of piperidine rings is 1. The summed E-state index contributed by atoms with van der Waals surface area (Å²) in [6, 6.07) is 8.62. The number of rotatable bonds is 2. The van der Waals surface area contributed by atoms with E-state index < -0.39 is 16.1 Å². The Morgan fingerprint density at radius 2 is 2.04 bits per heavy atom. The van der Waals surface area contributed by atoms with Crippen LogP contribution in [0, 0.1) is 17.2 Å². The second-order valence-corrected chi connectivity index (χ2v) is 7.43.